The molecule has 0 aliphatic heterocycles. The Morgan fingerprint density at radius 2 is 2.33 bits per heavy atom. The highest BCUT2D eigenvalue weighted by atomic mass is 15.0. The topological polar surface area (TPSA) is 40.7 Å². The largest absolute Gasteiger partial charge is 0.348 e. The molecule has 12 heavy (non-hydrogen) atoms. The average Bonchev–Trinajstić information content (AvgIpc) is 2.74. The van der Waals surface area contributed by atoms with E-state index in [2.05, 4.69) is 27.4 Å². The highest BCUT2D eigenvalue weighted by Gasteiger charge is 2.08. The first-order valence-corrected chi connectivity index (χ1v) is 4.32. The van der Waals surface area contributed by atoms with Crippen LogP contribution in [0.5, 0.6) is 0 Å². The maximum atomic E-state index is 4.14. The van der Waals surface area contributed by atoms with Gasteiger partial charge < -0.3 is 10.3 Å². The molecule has 1 aromatic rings. The van der Waals surface area contributed by atoms with E-state index in [4.69, 9.17) is 0 Å². The van der Waals surface area contributed by atoms with Crippen LogP contribution in [0.4, 0.5) is 0 Å². The second kappa shape index (κ2) is 3.54. The third-order valence-corrected chi connectivity index (χ3v) is 2.12. The fourth-order valence-electron chi connectivity index (χ4n) is 1.42. The smallest absolute Gasteiger partial charge is 0.120 e. The minimum atomic E-state index is 0.620. The summed E-state index contributed by atoms with van der Waals surface area (Å²) < 4.78 is 0. The molecule has 2 rings (SSSR count). The number of aromatic amines is 1. The number of rotatable bonds is 3. The molecule has 0 spiro atoms. The Morgan fingerprint density at radius 3 is 3.00 bits per heavy atom. The normalized spacial score (nSPS) is 17.3. The monoisotopic (exact) mass is 163 g/mol. The molecule has 0 fully saturated rings. The van der Waals surface area contributed by atoms with Crippen LogP contribution in [0.1, 0.15) is 18.7 Å². The summed E-state index contributed by atoms with van der Waals surface area (Å²) in [5.74, 6) is 1.02. The van der Waals surface area contributed by atoms with Gasteiger partial charge >= 0.3 is 0 Å². The third-order valence-electron chi connectivity index (χ3n) is 2.12. The van der Waals surface area contributed by atoms with Gasteiger partial charge in [0.1, 0.15) is 5.82 Å². The molecule has 0 unspecified atom stereocenters. The van der Waals surface area contributed by atoms with Gasteiger partial charge in [-0.05, 0) is 12.8 Å². The summed E-state index contributed by atoms with van der Waals surface area (Å²) in [6, 6.07) is 0.620. The Balaban J connectivity index is 1.75. The number of H-pyrrole nitrogens is 1. The van der Waals surface area contributed by atoms with Crippen molar-refractivity contribution >= 4 is 0 Å². The summed E-state index contributed by atoms with van der Waals surface area (Å²) in [5.41, 5.74) is 0. The van der Waals surface area contributed by atoms with Crippen LogP contribution in [-0.4, -0.2) is 16.0 Å². The van der Waals surface area contributed by atoms with Crippen LogP contribution in [0.3, 0.4) is 0 Å². The van der Waals surface area contributed by atoms with E-state index in [9.17, 15) is 0 Å². The molecule has 1 aromatic heterocycles. The van der Waals surface area contributed by atoms with E-state index >= 15 is 0 Å². The van der Waals surface area contributed by atoms with Crippen molar-refractivity contribution in [3.05, 3.63) is 30.4 Å². The predicted molar refractivity (Wildman–Crippen MR) is 47.6 cm³/mol. The Labute approximate surface area is 71.9 Å². The number of hydrogen-bond acceptors (Lipinski definition) is 2. The van der Waals surface area contributed by atoms with E-state index in [1.165, 1.54) is 0 Å². The number of nitrogens with one attached hydrogen (secondary N) is 2. The van der Waals surface area contributed by atoms with Gasteiger partial charge in [0.2, 0.25) is 0 Å². The number of nitrogens with zero attached hydrogens (tertiary/aromatic N) is 1. The lowest BCUT2D eigenvalue weighted by Crippen LogP contribution is -2.26. The molecule has 1 aliphatic rings. The van der Waals surface area contributed by atoms with E-state index in [0.717, 1.165) is 25.2 Å². The quantitative estimate of drug-likeness (QED) is 0.658. The summed E-state index contributed by atoms with van der Waals surface area (Å²) in [5, 5.41) is 3.43. The third kappa shape index (κ3) is 1.74. The van der Waals surface area contributed by atoms with Crippen LogP contribution in [-0.2, 0) is 6.54 Å². The molecule has 0 radical (unpaired) electrons. The van der Waals surface area contributed by atoms with Gasteiger partial charge in [0.05, 0.1) is 6.54 Å². The van der Waals surface area contributed by atoms with Crippen molar-refractivity contribution in [2.45, 2.75) is 25.4 Å². The van der Waals surface area contributed by atoms with E-state index in [1.807, 2.05) is 6.20 Å². The fraction of sp³-hybridized carbons (Fsp3) is 0.444. The van der Waals surface area contributed by atoms with Gasteiger partial charge in [0.15, 0.2) is 0 Å². The minimum absolute atomic E-state index is 0.620. The highest BCUT2D eigenvalue weighted by molar-refractivity contribution is 4.98. The second-order valence-corrected chi connectivity index (χ2v) is 3.06. The summed E-state index contributed by atoms with van der Waals surface area (Å²) in [4.78, 5) is 7.21. The van der Waals surface area contributed by atoms with E-state index in [1.54, 1.807) is 6.20 Å². The highest BCUT2D eigenvalue weighted by Crippen LogP contribution is 2.09. The number of aromatic nitrogens is 2. The summed E-state index contributed by atoms with van der Waals surface area (Å²) in [6.45, 7) is 0.847. The van der Waals surface area contributed by atoms with Gasteiger partial charge in [-0.15, -0.1) is 0 Å². The van der Waals surface area contributed by atoms with Crippen molar-refractivity contribution in [2.24, 2.45) is 0 Å². The Kier molecular flexibility index (Phi) is 2.23. The first kappa shape index (κ1) is 7.55. The first-order chi connectivity index (χ1) is 5.95. The van der Waals surface area contributed by atoms with Crippen LogP contribution >= 0.6 is 0 Å². The lowest BCUT2D eigenvalue weighted by Gasteiger charge is -2.09. The lowest BCUT2D eigenvalue weighted by molar-refractivity contribution is 0.528. The second-order valence-electron chi connectivity index (χ2n) is 3.06. The van der Waals surface area contributed by atoms with Crippen LogP contribution in [0.2, 0.25) is 0 Å². The summed E-state index contributed by atoms with van der Waals surface area (Å²) >= 11 is 0. The minimum Gasteiger partial charge on any atom is -0.348 e. The zero-order valence-corrected chi connectivity index (χ0v) is 6.96. The number of hydrogen-bond donors (Lipinski definition) is 2. The van der Waals surface area contributed by atoms with Crippen LogP contribution in [0, 0.1) is 0 Å². The SMILES string of the molecule is C1=CCC(NCc2ncc[nH]2)C1. The van der Waals surface area contributed by atoms with Crippen LogP contribution in [0.25, 0.3) is 0 Å². The van der Waals surface area contributed by atoms with Gasteiger partial charge in [-0.1, -0.05) is 12.2 Å². The van der Waals surface area contributed by atoms with Crippen molar-refractivity contribution in [1.82, 2.24) is 15.3 Å². The van der Waals surface area contributed by atoms with Crippen molar-refractivity contribution in [3.63, 3.8) is 0 Å². The van der Waals surface area contributed by atoms with Gasteiger partial charge in [-0.25, -0.2) is 4.98 Å². The lowest BCUT2D eigenvalue weighted by atomic mass is 10.2. The van der Waals surface area contributed by atoms with Crippen molar-refractivity contribution < 1.29 is 0 Å². The molecule has 0 saturated heterocycles. The molecule has 0 amide bonds. The first-order valence-electron chi connectivity index (χ1n) is 4.32. The zero-order valence-electron chi connectivity index (χ0n) is 6.96. The maximum Gasteiger partial charge on any atom is 0.120 e. The Bertz CT molecular complexity index is 243. The van der Waals surface area contributed by atoms with Crippen LogP contribution in [0.15, 0.2) is 24.5 Å². The zero-order chi connectivity index (χ0) is 8.23. The van der Waals surface area contributed by atoms with E-state index in [0.29, 0.717) is 6.04 Å². The molecule has 0 aromatic carbocycles. The predicted octanol–water partition coefficient (Wildman–Crippen LogP) is 1.22. The molecule has 0 saturated carbocycles. The van der Waals surface area contributed by atoms with Gasteiger partial charge in [-0.3, -0.25) is 0 Å². The molecule has 0 bridgehead atoms. The standard InChI is InChI=1S/C9H13N3/c1-2-4-8(3-1)12-7-9-10-5-6-11-9/h1-2,5-6,8,12H,3-4,7H2,(H,10,11). The number of imidazole rings is 1. The molecule has 3 nitrogen and oxygen atoms in total. The van der Waals surface area contributed by atoms with E-state index < -0.39 is 0 Å². The fourth-order valence-corrected chi connectivity index (χ4v) is 1.42. The van der Waals surface area contributed by atoms with Crippen molar-refractivity contribution in [3.8, 4) is 0 Å². The van der Waals surface area contributed by atoms with E-state index in [-0.39, 0.29) is 0 Å². The molecule has 0 atom stereocenters. The molecular weight excluding hydrogens is 150 g/mol. The molecule has 2 N–H and O–H groups in total. The average molecular weight is 163 g/mol. The molecule has 3 heteroatoms. The van der Waals surface area contributed by atoms with Gasteiger partial charge in [0.25, 0.3) is 0 Å². The van der Waals surface area contributed by atoms with Crippen molar-refractivity contribution in [2.75, 3.05) is 0 Å². The van der Waals surface area contributed by atoms with Gasteiger partial charge in [-0.2, -0.15) is 0 Å². The molecule has 1 aliphatic carbocycles. The Hall–Kier alpha value is -1.09. The summed E-state index contributed by atoms with van der Waals surface area (Å²) in [7, 11) is 0. The molecular formula is C9H13N3. The van der Waals surface area contributed by atoms with Crippen molar-refractivity contribution in [1.29, 1.82) is 0 Å². The maximum absolute atomic E-state index is 4.14. The Morgan fingerprint density at radius 1 is 1.50 bits per heavy atom. The van der Waals surface area contributed by atoms with Gasteiger partial charge in [0, 0.05) is 18.4 Å². The molecule has 64 valence electrons. The summed E-state index contributed by atoms with van der Waals surface area (Å²) in [6.07, 6.45) is 10.4. The molecule has 1 heterocycles. The van der Waals surface area contributed by atoms with Crippen LogP contribution < -0.4 is 5.32 Å².